The fraction of sp³-hybridized carbons (Fsp3) is 0.0870. The Kier molecular flexibility index (Phi) is 5.24. The van der Waals surface area contributed by atoms with E-state index < -0.39 is 0 Å². The molecule has 0 aliphatic heterocycles. The zero-order valence-electron chi connectivity index (χ0n) is 15.4. The van der Waals surface area contributed by atoms with Gasteiger partial charge in [-0.1, -0.05) is 78.0 Å². The van der Waals surface area contributed by atoms with Crippen molar-refractivity contribution in [1.82, 2.24) is 5.16 Å². The molecule has 28 heavy (non-hydrogen) atoms. The minimum Gasteiger partial charge on any atom is -0.492 e. The number of ether oxygens (including phenoxy) is 1. The third kappa shape index (κ3) is 3.69. The number of nitrogens with zero attached hydrogens (tertiary/aromatic N) is 3. The van der Waals surface area contributed by atoms with E-state index in [1.54, 1.807) is 0 Å². The highest BCUT2D eigenvalue weighted by Crippen LogP contribution is 2.40. The normalized spacial score (nSPS) is 11.0. The fourth-order valence-corrected chi connectivity index (χ4v) is 2.86. The maximum Gasteiger partial charge on any atom is 0.195 e. The van der Waals surface area contributed by atoms with E-state index in [0.717, 1.165) is 11.1 Å². The van der Waals surface area contributed by atoms with Gasteiger partial charge in [0.2, 0.25) is 0 Å². The Bertz CT molecular complexity index is 1020. The summed E-state index contributed by atoms with van der Waals surface area (Å²) in [6.45, 7) is 2.50. The van der Waals surface area contributed by atoms with Crippen molar-refractivity contribution in [3.8, 4) is 28.3 Å². The molecule has 0 N–H and O–H groups in total. The monoisotopic (exact) mass is 369 g/mol. The van der Waals surface area contributed by atoms with E-state index in [-0.39, 0.29) is 0 Å². The summed E-state index contributed by atoms with van der Waals surface area (Å²) in [4.78, 5) is 0. The summed E-state index contributed by atoms with van der Waals surface area (Å²) >= 11 is 0. The van der Waals surface area contributed by atoms with E-state index in [1.807, 2.05) is 91.9 Å². The standard InChI is InChI=1S/C23H19N3O2/c1-2-27-20-16-10-9-15-19(20)24-25-22-21(17-11-5-3-6-12-17)26-28-23(22)18-13-7-4-8-14-18/h3-16H,2H2,1H3. The van der Waals surface area contributed by atoms with Crippen LogP contribution < -0.4 is 4.74 Å². The Morgan fingerprint density at radius 1 is 0.786 bits per heavy atom. The molecular weight excluding hydrogens is 350 g/mol. The first-order valence-electron chi connectivity index (χ1n) is 9.11. The third-order valence-corrected chi connectivity index (χ3v) is 4.17. The van der Waals surface area contributed by atoms with Gasteiger partial charge in [-0.25, -0.2) is 0 Å². The van der Waals surface area contributed by atoms with Gasteiger partial charge >= 0.3 is 0 Å². The van der Waals surface area contributed by atoms with Crippen LogP contribution in [0.3, 0.4) is 0 Å². The van der Waals surface area contributed by atoms with E-state index in [0.29, 0.717) is 35.2 Å². The highest BCUT2D eigenvalue weighted by atomic mass is 16.5. The Balaban J connectivity index is 1.81. The van der Waals surface area contributed by atoms with Gasteiger partial charge < -0.3 is 9.26 Å². The van der Waals surface area contributed by atoms with Gasteiger partial charge in [0.05, 0.1) is 6.61 Å². The van der Waals surface area contributed by atoms with Crippen LogP contribution in [0.2, 0.25) is 0 Å². The van der Waals surface area contributed by atoms with Crippen LogP contribution in [0, 0.1) is 0 Å². The summed E-state index contributed by atoms with van der Waals surface area (Å²) in [6.07, 6.45) is 0. The predicted octanol–water partition coefficient (Wildman–Crippen LogP) is 6.82. The number of hydrogen-bond acceptors (Lipinski definition) is 5. The van der Waals surface area contributed by atoms with Crippen LogP contribution >= 0.6 is 0 Å². The average molecular weight is 369 g/mol. The van der Waals surface area contributed by atoms with Crippen LogP contribution in [-0.2, 0) is 0 Å². The Labute approximate surface area is 163 Å². The van der Waals surface area contributed by atoms with E-state index >= 15 is 0 Å². The molecule has 0 aliphatic rings. The van der Waals surface area contributed by atoms with Crippen molar-refractivity contribution in [3.63, 3.8) is 0 Å². The molecule has 5 nitrogen and oxygen atoms in total. The lowest BCUT2D eigenvalue weighted by Crippen LogP contribution is -1.90. The highest BCUT2D eigenvalue weighted by molar-refractivity contribution is 5.82. The lowest BCUT2D eigenvalue weighted by Gasteiger charge is -2.05. The molecule has 0 bridgehead atoms. The van der Waals surface area contributed by atoms with Gasteiger partial charge in [0.25, 0.3) is 0 Å². The Morgan fingerprint density at radius 3 is 2.14 bits per heavy atom. The molecule has 0 fully saturated rings. The van der Waals surface area contributed by atoms with Gasteiger partial charge in [-0.05, 0) is 19.1 Å². The summed E-state index contributed by atoms with van der Waals surface area (Å²) < 4.78 is 11.3. The summed E-state index contributed by atoms with van der Waals surface area (Å²) in [7, 11) is 0. The van der Waals surface area contributed by atoms with Crippen LogP contribution in [0.5, 0.6) is 5.75 Å². The summed E-state index contributed by atoms with van der Waals surface area (Å²) in [6, 6.07) is 27.2. The van der Waals surface area contributed by atoms with Gasteiger partial charge in [-0.2, -0.15) is 0 Å². The second-order valence-corrected chi connectivity index (χ2v) is 6.04. The van der Waals surface area contributed by atoms with E-state index in [4.69, 9.17) is 9.26 Å². The average Bonchev–Trinajstić information content (AvgIpc) is 3.18. The number of rotatable bonds is 6. The lowest BCUT2D eigenvalue weighted by atomic mass is 10.1. The number of aromatic nitrogens is 1. The zero-order valence-corrected chi connectivity index (χ0v) is 15.4. The molecule has 1 heterocycles. The topological polar surface area (TPSA) is 60.0 Å². The van der Waals surface area contributed by atoms with Gasteiger partial charge in [0, 0.05) is 11.1 Å². The molecule has 0 amide bonds. The molecule has 0 aliphatic carbocycles. The van der Waals surface area contributed by atoms with Crippen LogP contribution in [-0.4, -0.2) is 11.8 Å². The van der Waals surface area contributed by atoms with Crippen molar-refractivity contribution in [2.75, 3.05) is 6.61 Å². The first kappa shape index (κ1) is 17.7. The second kappa shape index (κ2) is 8.31. The largest absolute Gasteiger partial charge is 0.492 e. The summed E-state index contributed by atoms with van der Waals surface area (Å²) in [5.41, 5.74) is 3.70. The molecule has 0 radical (unpaired) electrons. The first-order valence-corrected chi connectivity index (χ1v) is 9.11. The molecule has 138 valence electrons. The highest BCUT2D eigenvalue weighted by Gasteiger charge is 2.19. The molecular formula is C23H19N3O2. The molecule has 5 heteroatoms. The number of benzene rings is 3. The molecule has 0 spiro atoms. The van der Waals surface area contributed by atoms with Crippen molar-refractivity contribution >= 4 is 11.4 Å². The van der Waals surface area contributed by atoms with Crippen molar-refractivity contribution in [1.29, 1.82) is 0 Å². The smallest absolute Gasteiger partial charge is 0.195 e. The second-order valence-electron chi connectivity index (χ2n) is 6.04. The number of hydrogen-bond donors (Lipinski definition) is 0. The third-order valence-electron chi connectivity index (χ3n) is 4.17. The molecule has 4 rings (SSSR count). The molecule has 0 atom stereocenters. The lowest BCUT2D eigenvalue weighted by molar-refractivity contribution is 0.341. The predicted molar refractivity (Wildman–Crippen MR) is 109 cm³/mol. The molecule has 1 aromatic heterocycles. The van der Waals surface area contributed by atoms with E-state index in [2.05, 4.69) is 15.4 Å². The quantitative estimate of drug-likeness (QED) is 0.350. The molecule has 0 unspecified atom stereocenters. The van der Waals surface area contributed by atoms with E-state index in [1.165, 1.54) is 0 Å². The minimum atomic E-state index is 0.560. The zero-order chi connectivity index (χ0) is 19.2. The van der Waals surface area contributed by atoms with Crippen LogP contribution in [0.25, 0.3) is 22.6 Å². The van der Waals surface area contributed by atoms with Crippen molar-refractivity contribution in [3.05, 3.63) is 84.9 Å². The summed E-state index contributed by atoms with van der Waals surface area (Å²) in [5.74, 6) is 1.27. The Morgan fingerprint density at radius 2 is 1.43 bits per heavy atom. The molecule has 0 saturated carbocycles. The van der Waals surface area contributed by atoms with Crippen LogP contribution in [0.15, 0.2) is 99.7 Å². The number of para-hydroxylation sites is 1. The fourth-order valence-electron chi connectivity index (χ4n) is 2.86. The van der Waals surface area contributed by atoms with Crippen molar-refractivity contribution in [2.24, 2.45) is 10.2 Å². The minimum absolute atomic E-state index is 0.560. The molecule has 4 aromatic rings. The maximum absolute atomic E-state index is 5.67. The van der Waals surface area contributed by atoms with Gasteiger partial charge in [0.1, 0.15) is 17.1 Å². The summed E-state index contributed by atoms with van der Waals surface area (Å²) in [5, 5.41) is 13.2. The van der Waals surface area contributed by atoms with E-state index in [9.17, 15) is 0 Å². The van der Waals surface area contributed by atoms with Crippen molar-refractivity contribution < 1.29 is 9.26 Å². The first-order chi connectivity index (χ1) is 13.9. The van der Waals surface area contributed by atoms with Gasteiger partial charge in [-0.3, -0.25) is 0 Å². The number of azo groups is 1. The molecule has 3 aromatic carbocycles. The van der Waals surface area contributed by atoms with Gasteiger partial charge in [0.15, 0.2) is 11.4 Å². The SMILES string of the molecule is CCOc1ccccc1N=Nc1c(-c2ccccc2)noc1-c1ccccc1. The van der Waals surface area contributed by atoms with Crippen LogP contribution in [0.4, 0.5) is 11.4 Å². The Hall–Kier alpha value is -3.73. The maximum atomic E-state index is 5.67. The molecule has 0 saturated heterocycles. The van der Waals surface area contributed by atoms with Gasteiger partial charge in [-0.15, -0.1) is 10.2 Å². The van der Waals surface area contributed by atoms with Crippen LogP contribution in [0.1, 0.15) is 6.92 Å². The van der Waals surface area contributed by atoms with Crippen molar-refractivity contribution in [2.45, 2.75) is 6.92 Å².